The highest BCUT2D eigenvalue weighted by molar-refractivity contribution is 5.38. The van der Waals surface area contributed by atoms with Gasteiger partial charge >= 0.3 is 0 Å². The van der Waals surface area contributed by atoms with E-state index in [9.17, 15) is 5.11 Å². The molecule has 0 aromatic carbocycles. The van der Waals surface area contributed by atoms with Gasteiger partial charge in [0.15, 0.2) is 0 Å². The molecule has 1 aromatic heterocycles. The topological polar surface area (TPSA) is 48.8 Å². The minimum atomic E-state index is -0.406. The lowest BCUT2D eigenvalue weighted by atomic mass is 9.75. The molecule has 7 heteroatoms. The summed E-state index contributed by atoms with van der Waals surface area (Å²) in [6, 6.07) is 6.05. The zero-order valence-corrected chi connectivity index (χ0v) is 19.5. The minimum Gasteiger partial charge on any atom is -1.00 e. The summed E-state index contributed by atoms with van der Waals surface area (Å²) in [5.74, 6) is 3.07. The fraction of sp³-hybridized carbons (Fsp3) is 0.773. The maximum atomic E-state index is 10.5. The second-order valence-corrected chi connectivity index (χ2v) is 8.83. The first-order valence-corrected chi connectivity index (χ1v) is 10.7. The molecule has 1 saturated carbocycles. The molecule has 168 valence electrons. The van der Waals surface area contributed by atoms with E-state index in [2.05, 4.69) is 41.6 Å². The number of anilines is 1. The molecule has 1 N–H and O–H groups in total. The van der Waals surface area contributed by atoms with Crippen LogP contribution < -0.4 is 29.7 Å². The first kappa shape index (κ1) is 26.4. The average molecular weight is 446 g/mol. The summed E-state index contributed by atoms with van der Waals surface area (Å²) in [5, 5.41) is 10.5. The molecule has 2 aliphatic rings. The van der Waals surface area contributed by atoms with Gasteiger partial charge in [-0.3, -0.25) is 4.90 Å². The van der Waals surface area contributed by atoms with Gasteiger partial charge in [-0.1, -0.05) is 33.3 Å². The second-order valence-electron chi connectivity index (χ2n) is 8.83. The number of ether oxygens (including phenoxy) is 1. The summed E-state index contributed by atoms with van der Waals surface area (Å²) in [6.07, 6.45) is 5.46. The van der Waals surface area contributed by atoms with E-state index in [0.29, 0.717) is 31.1 Å². The SMILES string of the molecule is CC1CCC(C(C)C)C(OCC(O)CN2CCN(c3ccccn3)CC2)C1.[Cl-].[Cl-]. The number of rotatable bonds is 7. The number of aliphatic hydroxyl groups excluding tert-OH is 1. The second kappa shape index (κ2) is 13.0. The third-order valence-electron chi connectivity index (χ3n) is 6.28. The first-order valence-electron chi connectivity index (χ1n) is 10.7. The summed E-state index contributed by atoms with van der Waals surface area (Å²) < 4.78 is 6.22. The minimum absolute atomic E-state index is 0. The Labute approximate surface area is 189 Å². The predicted octanol–water partition coefficient (Wildman–Crippen LogP) is -2.95. The van der Waals surface area contributed by atoms with Crippen molar-refractivity contribution in [3.05, 3.63) is 24.4 Å². The molecular formula is C22H37Cl2N3O2-2. The van der Waals surface area contributed by atoms with Crippen LogP contribution in [0.4, 0.5) is 5.82 Å². The Morgan fingerprint density at radius 2 is 1.86 bits per heavy atom. The highest BCUT2D eigenvalue weighted by atomic mass is 35.5. The monoisotopic (exact) mass is 445 g/mol. The molecule has 4 atom stereocenters. The Bertz CT molecular complexity index is 556. The van der Waals surface area contributed by atoms with Gasteiger partial charge in [-0.15, -0.1) is 0 Å². The van der Waals surface area contributed by atoms with Crippen molar-refractivity contribution in [2.45, 2.75) is 52.2 Å². The number of piperazine rings is 1. The van der Waals surface area contributed by atoms with Crippen molar-refractivity contribution < 1.29 is 34.7 Å². The molecule has 0 spiro atoms. The summed E-state index contributed by atoms with van der Waals surface area (Å²) in [6.45, 7) is 11.9. The number of halogens is 2. The zero-order valence-electron chi connectivity index (χ0n) is 18.0. The highest BCUT2D eigenvalue weighted by Gasteiger charge is 2.32. The number of hydrogen-bond donors (Lipinski definition) is 1. The van der Waals surface area contributed by atoms with Crippen LogP contribution in [0.15, 0.2) is 24.4 Å². The number of aliphatic hydroxyl groups is 1. The van der Waals surface area contributed by atoms with E-state index in [1.54, 1.807) is 0 Å². The predicted molar refractivity (Wildman–Crippen MR) is 110 cm³/mol. The average Bonchev–Trinajstić information content (AvgIpc) is 2.67. The molecular weight excluding hydrogens is 409 g/mol. The van der Waals surface area contributed by atoms with Crippen LogP contribution in [0.2, 0.25) is 0 Å². The van der Waals surface area contributed by atoms with Gasteiger partial charge in [-0.2, -0.15) is 0 Å². The molecule has 4 unspecified atom stereocenters. The standard InChI is InChI=1S/C22H37N3O2.2ClH/c1-17(2)20-8-7-18(3)14-21(20)27-16-19(26)15-24-10-12-25(13-11-24)22-6-4-5-9-23-22;;/h4-6,9,17-21,26H,7-8,10-16H2,1-3H3;2*1H/p-2. The van der Waals surface area contributed by atoms with E-state index in [1.165, 1.54) is 12.8 Å². The van der Waals surface area contributed by atoms with E-state index >= 15 is 0 Å². The smallest absolute Gasteiger partial charge is 0.128 e. The van der Waals surface area contributed by atoms with Gasteiger partial charge in [0.2, 0.25) is 0 Å². The molecule has 1 saturated heterocycles. The zero-order chi connectivity index (χ0) is 19.2. The molecule has 0 amide bonds. The number of pyridine rings is 1. The van der Waals surface area contributed by atoms with Gasteiger partial charge in [-0.25, -0.2) is 4.98 Å². The van der Waals surface area contributed by atoms with Gasteiger partial charge in [0, 0.05) is 38.9 Å². The van der Waals surface area contributed by atoms with Crippen molar-refractivity contribution in [3.63, 3.8) is 0 Å². The third-order valence-corrected chi connectivity index (χ3v) is 6.28. The first-order chi connectivity index (χ1) is 13.0. The lowest BCUT2D eigenvalue weighted by Gasteiger charge is -2.38. The third kappa shape index (κ3) is 7.87. The van der Waals surface area contributed by atoms with Crippen LogP contribution in [0, 0.1) is 17.8 Å². The van der Waals surface area contributed by atoms with Crippen LogP contribution in [-0.2, 0) is 4.74 Å². The van der Waals surface area contributed by atoms with Crippen LogP contribution in [0.3, 0.4) is 0 Å². The van der Waals surface area contributed by atoms with Crippen molar-refractivity contribution in [2.75, 3.05) is 44.2 Å². The van der Waals surface area contributed by atoms with Crippen molar-refractivity contribution in [1.29, 1.82) is 0 Å². The van der Waals surface area contributed by atoms with Crippen LogP contribution in [-0.4, -0.2) is 66.5 Å². The largest absolute Gasteiger partial charge is 1.00 e. The number of aromatic nitrogens is 1. The molecule has 1 aromatic rings. The Balaban J connectivity index is 0.00000210. The summed E-state index contributed by atoms with van der Waals surface area (Å²) in [5.41, 5.74) is 0. The molecule has 29 heavy (non-hydrogen) atoms. The Kier molecular flexibility index (Phi) is 11.8. The Hall–Kier alpha value is -0.590. The van der Waals surface area contributed by atoms with Gasteiger partial charge < -0.3 is 39.6 Å². The van der Waals surface area contributed by atoms with Gasteiger partial charge in [0.25, 0.3) is 0 Å². The van der Waals surface area contributed by atoms with E-state index in [-0.39, 0.29) is 24.8 Å². The maximum Gasteiger partial charge on any atom is 0.128 e. The van der Waals surface area contributed by atoms with Crippen molar-refractivity contribution in [3.8, 4) is 0 Å². The number of hydrogen-bond acceptors (Lipinski definition) is 5. The van der Waals surface area contributed by atoms with Crippen LogP contribution in [0.25, 0.3) is 0 Å². The van der Waals surface area contributed by atoms with Crippen LogP contribution in [0.5, 0.6) is 0 Å². The molecule has 3 rings (SSSR count). The highest BCUT2D eigenvalue weighted by Crippen LogP contribution is 2.35. The Morgan fingerprint density at radius 3 is 2.48 bits per heavy atom. The van der Waals surface area contributed by atoms with Crippen molar-refractivity contribution in [2.24, 2.45) is 17.8 Å². The van der Waals surface area contributed by atoms with Crippen LogP contribution >= 0.6 is 0 Å². The molecule has 0 radical (unpaired) electrons. The van der Waals surface area contributed by atoms with Gasteiger partial charge in [0.05, 0.1) is 18.8 Å². The summed E-state index contributed by atoms with van der Waals surface area (Å²) in [4.78, 5) is 9.09. The van der Waals surface area contributed by atoms with Gasteiger partial charge in [0.1, 0.15) is 5.82 Å². The summed E-state index contributed by atoms with van der Waals surface area (Å²) in [7, 11) is 0. The molecule has 0 bridgehead atoms. The van der Waals surface area contributed by atoms with E-state index in [0.717, 1.165) is 44.3 Å². The quantitative estimate of drug-likeness (QED) is 0.486. The number of nitrogens with zero attached hydrogens (tertiary/aromatic N) is 3. The molecule has 2 fully saturated rings. The van der Waals surface area contributed by atoms with E-state index < -0.39 is 6.10 Å². The van der Waals surface area contributed by atoms with E-state index in [1.807, 2.05) is 18.3 Å². The molecule has 1 aliphatic heterocycles. The van der Waals surface area contributed by atoms with Crippen LogP contribution in [0.1, 0.15) is 40.0 Å². The van der Waals surface area contributed by atoms with Crippen molar-refractivity contribution >= 4 is 5.82 Å². The lowest BCUT2D eigenvalue weighted by molar-refractivity contribution is -0.0740. The normalized spacial score (nSPS) is 26.5. The fourth-order valence-electron chi connectivity index (χ4n) is 4.59. The Morgan fingerprint density at radius 1 is 1.14 bits per heavy atom. The molecule has 5 nitrogen and oxygen atoms in total. The fourth-order valence-corrected chi connectivity index (χ4v) is 4.59. The van der Waals surface area contributed by atoms with Gasteiger partial charge in [-0.05, 0) is 42.7 Å². The molecule has 1 aliphatic carbocycles. The lowest BCUT2D eigenvalue weighted by Crippen LogP contribution is -3.00. The van der Waals surface area contributed by atoms with Crippen molar-refractivity contribution in [1.82, 2.24) is 9.88 Å². The molecule has 2 heterocycles. The van der Waals surface area contributed by atoms with E-state index in [4.69, 9.17) is 4.74 Å². The maximum absolute atomic E-state index is 10.5. The summed E-state index contributed by atoms with van der Waals surface area (Å²) >= 11 is 0. The number of β-amino-alcohol motifs (C(OH)–C–C–N with tert-alkyl or cyclic N) is 1.